The summed E-state index contributed by atoms with van der Waals surface area (Å²) in [6, 6.07) is 12.6. The zero-order valence-corrected chi connectivity index (χ0v) is 15.4. The van der Waals surface area contributed by atoms with E-state index in [-0.39, 0.29) is 18.4 Å². The summed E-state index contributed by atoms with van der Waals surface area (Å²) >= 11 is 0. The molecule has 0 aliphatic rings. The standard InChI is InChI=1S/C19H20N6O2/c1-13-5-4-6-17(14(13)2)21-18(26)11-24(3)19(27)15-7-9-16(10-8-15)25-12-20-22-23-25/h4-10,12H,11H2,1-3H3,(H,21,26). The molecule has 27 heavy (non-hydrogen) atoms. The molecule has 0 aliphatic carbocycles. The number of hydrogen-bond donors (Lipinski definition) is 1. The monoisotopic (exact) mass is 364 g/mol. The highest BCUT2D eigenvalue weighted by Gasteiger charge is 2.16. The molecule has 1 heterocycles. The van der Waals surface area contributed by atoms with Crippen LogP contribution in [0.15, 0.2) is 48.8 Å². The molecule has 0 atom stereocenters. The molecule has 0 spiro atoms. The number of benzene rings is 2. The Hall–Kier alpha value is -3.55. The largest absolute Gasteiger partial charge is 0.332 e. The maximum Gasteiger partial charge on any atom is 0.254 e. The molecule has 1 N–H and O–H groups in total. The van der Waals surface area contributed by atoms with Crippen molar-refractivity contribution in [3.8, 4) is 5.69 Å². The van der Waals surface area contributed by atoms with Crippen LogP contribution < -0.4 is 5.32 Å². The molecule has 138 valence electrons. The normalized spacial score (nSPS) is 10.5. The molecule has 0 aliphatic heterocycles. The van der Waals surface area contributed by atoms with Crippen LogP contribution in [0.25, 0.3) is 5.69 Å². The summed E-state index contributed by atoms with van der Waals surface area (Å²) in [5, 5.41) is 13.8. The SMILES string of the molecule is Cc1cccc(NC(=O)CN(C)C(=O)c2ccc(-n3cnnn3)cc2)c1C. The Labute approximate surface area is 156 Å². The van der Waals surface area contributed by atoms with E-state index in [1.807, 2.05) is 32.0 Å². The van der Waals surface area contributed by atoms with Gasteiger partial charge in [0.15, 0.2) is 0 Å². The molecule has 0 fully saturated rings. The van der Waals surface area contributed by atoms with E-state index in [1.165, 1.54) is 15.9 Å². The van der Waals surface area contributed by atoms with E-state index >= 15 is 0 Å². The predicted molar refractivity (Wildman–Crippen MR) is 101 cm³/mol. The lowest BCUT2D eigenvalue weighted by Crippen LogP contribution is -2.35. The van der Waals surface area contributed by atoms with Crippen molar-refractivity contribution in [2.75, 3.05) is 18.9 Å². The summed E-state index contributed by atoms with van der Waals surface area (Å²) in [5.74, 6) is -0.487. The second-order valence-electron chi connectivity index (χ2n) is 6.26. The topological polar surface area (TPSA) is 93.0 Å². The molecule has 8 nitrogen and oxygen atoms in total. The lowest BCUT2D eigenvalue weighted by molar-refractivity contribution is -0.116. The van der Waals surface area contributed by atoms with Crippen molar-refractivity contribution >= 4 is 17.5 Å². The van der Waals surface area contributed by atoms with E-state index in [0.717, 1.165) is 22.5 Å². The number of likely N-dealkylation sites (N-methyl/N-ethyl adjacent to an activating group) is 1. The van der Waals surface area contributed by atoms with Gasteiger partial charge in [0, 0.05) is 18.3 Å². The minimum Gasteiger partial charge on any atom is -0.332 e. The average Bonchev–Trinajstić information content (AvgIpc) is 3.19. The summed E-state index contributed by atoms with van der Waals surface area (Å²) in [5.41, 5.74) is 4.09. The minimum absolute atomic E-state index is 0.0407. The number of nitrogens with zero attached hydrogens (tertiary/aromatic N) is 5. The first-order valence-electron chi connectivity index (χ1n) is 8.40. The molecule has 0 bridgehead atoms. The van der Waals surface area contributed by atoms with E-state index in [1.54, 1.807) is 31.3 Å². The molecule has 0 unspecified atom stereocenters. The number of aryl methyl sites for hydroxylation is 1. The Morgan fingerprint density at radius 3 is 2.52 bits per heavy atom. The fourth-order valence-electron chi connectivity index (χ4n) is 2.62. The average molecular weight is 364 g/mol. The molecule has 0 saturated carbocycles. The van der Waals surface area contributed by atoms with Gasteiger partial charge in [-0.05, 0) is 65.7 Å². The van der Waals surface area contributed by atoms with Crippen LogP contribution in [0.1, 0.15) is 21.5 Å². The van der Waals surface area contributed by atoms with Gasteiger partial charge in [0.1, 0.15) is 6.33 Å². The van der Waals surface area contributed by atoms with Crippen molar-refractivity contribution < 1.29 is 9.59 Å². The number of tetrazole rings is 1. The van der Waals surface area contributed by atoms with Crippen LogP contribution in [0.4, 0.5) is 5.69 Å². The van der Waals surface area contributed by atoms with E-state index in [9.17, 15) is 9.59 Å². The van der Waals surface area contributed by atoms with Gasteiger partial charge in [-0.1, -0.05) is 12.1 Å². The van der Waals surface area contributed by atoms with Gasteiger partial charge >= 0.3 is 0 Å². The summed E-state index contributed by atoms with van der Waals surface area (Å²) in [6.07, 6.45) is 1.47. The molecule has 2 aromatic carbocycles. The van der Waals surface area contributed by atoms with Crippen LogP contribution in [-0.4, -0.2) is 50.5 Å². The van der Waals surface area contributed by atoms with Crippen molar-refractivity contribution in [2.45, 2.75) is 13.8 Å². The number of nitrogens with one attached hydrogen (secondary N) is 1. The first-order valence-corrected chi connectivity index (χ1v) is 8.40. The third kappa shape index (κ3) is 4.17. The Morgan fingerprint density at radius 1 is 1.11 bits per heavy atom. The second-order valence-corrected chi connectivity index (χ2v) is 6.26. The summed E-state index contributed by atoms with van der Waals surface area (Å²) in [4.78, 5) is 26.2. The Balaban J connectivity index is 1.63. The van der Waals surface area contributed by atoms with Crippen LogP contribution in [0.2, 0.25) is 0 Å². The third-order valence-corrected chi connectivity index (χ3v) is 4.33. The molecule has 8 heteroatoms. The molecule has 3 aromatic rings. The number of hydrogen-bond acceptors (Lipinski definition) is 5. The number of anilines is 1. The lowest BCUT2D eigenvalue weighted by Gasteiger charge is -2.18. The molecule has 3 rings (SSSR count). The van der Waals surface area contributed by atoms with E-state index < -0.39 is 0 Å². The van der Waals surface area contributed by atoms with E-state index in [2.05, 4.69) is 20.8 Å². The first kappa shape index (κ1) is 18.2. The van der Waals surface area contributed by atoms with Crippen molar-refractivity contribution in [2.24, 2.45) is 0 Å². The number of carbonyl (C=O) groups is 2. The fraction of sp³-hybridized carbons (Fsp3) is 0.211. The minimum atomic E-state index is -0.245. The summed E-state index contributed by atoms with van der Waals surface area (Å²) in [6.45, 7) is 3.90. The number of aromatic nitrogens is 4. The van der Waals surface area contributed by atoms with Gasteiger partial charge in [-0.25, -0.2) is 4.68 Å². The second kappa shape index (κ2) is 7.77. The van der Waals surface area contributed by atoms with Gasteiger partial charge in [-0.2, -0.15) is 0 Å². The van der Waals surface area contributed by atoms with E-state index in [0.29, 0.717) is 5.56 Å². The summed E-state index contributed by atoms with van der Waals surface area (Å²) < 4.78 is 1.50. The van der Waals surface area contributed by atoms with Crippen molar-refractivity contribution in [1.82, 2.24) is 25.1 Å². The molecule has 0 saturated heterocycles. The third-order valence-electron chi connectivity index (χ3n) is 4.33. The Kier molecular flexibility index (Phi) is 5.25. The van der Waals surface area contributed by atoms with E-state index in [4.69, 9.17) is 0 Å². The van der Waals surface area contributed by atoms with Gasteiger partial charge in [0.25, 0.3) is 5.91 Å². The highest BCUT2D eigenvalue weighted by Crippen LogP contribution is 2.18. The van der Waals surface area contributed by atoms with Crippen molar-refractivity contribution in [3.63, 3.8) is 0 Å². The highest BCUT2D eigenvalue weighted by molar-refractivity contribution is 5.99. The smallest absolute Gasteiger partial charge is 0.254 e. The van der Waals surface area contributed by atoms with Gasteiger partial charge in [0.05, 0.1) is 12.2 Å². The van der Waals surface area contributed by atoms with Gasteiger partial charge in [-0.15, -0.1) is 5.10 Å². The van der Waals surface area contributed by atoms with Crippen LogP contribution in [0, 0.1) is 13.8 Å². The van der Waals surface area contributed by atoms with Gasteiger partial charge < -0.3 is 10.2 Å². The Morgan fingerprint density at radius 2 is 1.85 bits per heavy atom. The Bertz CT molecular complexity index is 951. The summed E-state index contributed by atoms with van der Waals surface area (Å²) in [7, 11) is 1.60. The van der Waals surface area contributed by atoms with Crippen LogP contribution in [0.3, 0.4) is 0 Å². The number of carbonyl (C=O) groups excluding carboxylic acids is 2. The van der Waals surface area contributed by atoms with Crippen LogP contribution in [0.5, 0.6) is 0 Å². The molecule has 1 aromatic heterocycles. The molecule has 0 radical (unpaired) electrons. The van der Waals surface area contributed by atoms with Crippen LogP contribution >= 0.6 is 0 Å². The zero-order valence-electron chi connectivity index (χ0n) is 15.4. The first-order chi connectivity index (χ1) is 13.0. The van der Waals surface area contributed by atoms with Gasteiger partial charge in [-0.3, -0.25) is 9.59 Å². The lowest BCUT2D eigenvalue weighted by atomic mass is 10.1. The quantitative estimate of drug-likeness (QED) is 0.747. The highest BCUT2D eigenvalue weighted by atomic mass is 16.2. The van der Waals surface area contributed by atoms with Gasteiger partial charge in [0.2, 0.25) is 5.91 Å². The fourth-order valence-corrected chi connectivity index (χ4v) is 2.62. The maximum absolute atomic E-state index is 12.6. The van der Waals surface area contributed by atoms with Crippen molar-refractivity contribution in [3.05, 3.63) is 65.5 Å². The maximum atomic E-state index is 12.6. The van der Waals surface area contributed by atoms with Crippen LogP contribution in [-0.2, 0) is 4.79 Å². The van der Waals surface area contributed by atoms with Crippen molar-refractivity contribution in [1.29, 1.82) is 0 Å². The predicted octanol–water partition coefficient (Wildman–Crippen LogP) is 1.99. The molecular formula is C19H20N6O2. The molecular weight excluding hydrogens is 344 g/mol. The number of rotatable bonds is 5. The zero-order chi connectivity index (χ0) is 19.4. The number of amides is 2. The molecule has 2 amide bonds.